The van der Waals surface area contributed by atoms with Gasteiger partial charge in [-0.1, -0.05) is 18.2 Å². The third-order valence-electron chi connectivity index (χ3n) is 6.06. The topological polar surface area (TPSA) is 71.5 Å². The van der Waals surface area contributed by atoms with Crippen molar-refractivity contribution in [1.82, 2.24) is 15.2 Å². The molecule has 0 radical (unpaired) electrons. The van der Waals surface area contributed by atoms with Gasteiger partial charge in [-0.3, -0.25) is 14.6 Å². The molecule has 1 saturated heterocycles. The van der Waals surface area contributed by atoms with Crippen LogP contribution in [0.25, 0.3) is 0 Å². The second-order valence-corrected chi connectivity index (χ2v) is 8.68. The molecule has 1 unspecified atom stereocenters. The predicted octanol–water partition coefficient (Wildman–Crippen LogP) is 3.54. The van der Waals surface area contributed by atoms with Crippen molar-refractivity contribution in [3.63, 3.8) is 0 Å². The molecule has 1 aromatic carbocycles. The van der Waals surface area contributed by atoms with Gasteiger partial charge < -0.3 is 15.0 Å². The molecule has 0 bridgehead atoms. The number of benzene rings is 1. The number of hydrogen-bond donors (Lipinski definition) is 1. The van der Waals surface area contributed by atoms with Crippen LogP contribution in [0.3, 0.4) is 0 Å². The zero-order valence-corrected chi connectivity index (χ0v) is 17.6. The lowest BCUT2D eigenvalue weighted by Gasteiger charge is -2.47. The van der Waals surface area contributed by atoms with Crippen LogP contribution in [0.2, 0.25) is 0 Å². The van der Waals surface area contributed by atoms with Gasteiger partial charge in [0.15, 0.2) is 0 Å². The monoisotopic (exact) mass is 407 g/mol. The number of carbonyl (C=O) groups is 2. The summed E-state index contributed by atoms with van der Waals surface area (Å²) in [7, 11) is 0. The third-order valence-corrected chi connectivity index (χ3v) is 6.06. The molecule has 0 saturated carbocycles. The van der Waals surface area contributed by atoms with Crippen LogP contribution in [-0.2, 0) is 4.79 Å². The Morgan fingerprint density at radius 3 is 2.67 bits per heavy atom. The molecule has 2 aliphatic rings. The van der Waals surface area contributed by atoms with Crippen molar-refractivity contribution >= 4 is 11.8 Å². The summed E-state index contributed by atoms with van der Waals surface area (Å²) in [5, 5.41) is 3.01. The van der Waals surface area contributed by atoms with Crippen molar-refractivity contribution in [2.45, 2.75) is 57.1 Å². The van der Waals surface area contributed by atoms with E-state index in [0.29, 0.717) is 25.1 Å². The predicted molar refractivity (Wildman–Crippen MR) is 114 cm³/mol. The Kier molecular flexibility index (Phi) is 5.75. The Hall–Kier alpha value is -2.89. The van der Waals surface area contributed by atoms with E-state index in [0.717, 1.165) is 30.6 Å². The number of rotatable bonds is 4. The average molecular weight is 408 g/mol. The highest BCUT2D eigenvalue weighted by Gasteiger charge is 2.44. The fraction of sp³-hybridized carbons (Fsp3) is 0.458. The molecular formula is C24H29N3O3. The first-order chi connectivity index (χ1) is 14.5. The molecule has 6 nitrogen and oxygen atoms in total. The van der Waals surface area contributed by atoms with Gasteiger partial charge in [-0.25, -0.2) is 0 Å². The van der Waals surface area contributed by atoms with Crippen LogP contribution in [0, 0.1) is 0 Å². The van der Waals surface area contributed by atoms with E-state index in [4.69, 9.17) is 4.74 Å². The minimum absolute atomic E-state index is 0.0158. The maximum atomic E-state index is 12.8. The van der Waals surface area contributed by atoms with E-state index in [-0.39, 0.29) is 29.4 Å². The van der Waals surface area contributed by atoms with E-state index in [1.54, 1.807) is 24.5 Å². The van der Waals surface area contributed by atoms with E-state index in [2.05, 4.69) is 16.4 Å². The number of pyridine rings is 1. The van der Waals surface area contributed by atoms with Gasteiger partial charge in [0.1, 0.15) is 11.4 Å². The van der Waals surface area contributed by atoms with Crippen molar-refractivity contribution < 1.29 is 14.3 Å². The van der Waals surface area contributed by atoms with Gasteiger partial charge in [-0.15, -0.1) is 0 Å². The number of likely N-dealkylation sites (tertiary alicyclic amines) is 1. The zero-order chi connectivity index (χ0) is 21.1. The normalized spacial score (nSPS) is 19.8. The van der Waals surface area contributed by atoms with Crippen LogP contribution in [0.5, 0.6) is 5.75 Å². The van der Waals surface area contributed by atoms with Gasteiger partial charge in [-0.2, -0.15) is 0 Å². The molecular weight excluding hydrogens is 378 g/mol. The lowest BCUT2D eigenvalue weighted by Crippen LogP contribution is -2.52. The summed E-state index contributed by atoms with van der Waals surface area (Å²) in [5.41, 5.74) is 1.39. The van der Waals surface area contributed by atoms with Crippen LogP contribution < -0.4 is 10.1 Å². The van der Waals surface area contributed by atoms with Gasteiger partial charge in [0.25, 0.3) is 5.91 Å². The Morgan fingerprint density at radius 2 is 1.97 bits per heavy atom. The highest BCUT2D eigenvalue weighted by Crippen LogP contribution is 2.46. The molecule has 4 rings (SSSR count). The molecule has 3 heterocycles. The summed E-state index contributed by atoms with van der Waals surface area (Å²) in [5.74, 6) is 1.08. The fourth-order valence-electron chi connectivity index (χ4n) is 4.63. The van der Waals surface area contributed by atoms with E-state index in [1.807, 2.05) is 36.9 Å². The maximum Gasteiger partial charge on any atom is 0.255 e. The smallest absolute Gasteiger partial charge is 0.255 e. The first-order valence-corrected chi connectivity index (χ1v) is 10.7. The summed E-state index contributed by atoms with van der Waals surface area (Å²) in [4.78, 5) is 31.2. The van der Waals surface area contributed by atoms with Gasteiger partial charge >= 0.3 is 0 Å². The van der Waals surface area contributed by atoms with E-state index < -0.39 is 0 Å². The van der Waals surface area contributed by atoms with Crippen molar-refractivity contribution in [3.05, 3.63) is 59.9 Å². The van der Waals surface area contributed by atoms with Crippen LogP contribution in [0.1, 0.15) is 61.4 Å². The lowest BCUT2D eigenvalue weighted by molar-refractivity contribution is -0.122. The third kappa shape index (κ3) is 4.32. The second-order valence-electron chi connectivity index (χ2n) is 8.68. The van der Waals surface area contributed by atoms with Crippen molar-refractivity contribution in [2.24, 2.45) is 0 Å². The molecule has 1 fully saturated rings. The molecule has 1 spiro atoms. The minimum atomic E-state index is -0.331. The molecule has 30 heavy (non-hydrogen) atoms. The van der Waals surface area contributed by atoms with Crippen LogP contribution in [0.4, 0.5) is 0 Å². The molecule has 6 heteroatoms. The van der Waals surface area contributed by atoms with E-state index in [1.165, 1.54) is 0 Å². The van der Waals surface area contributed by atoms with Gasteiger partial charge in [0.05, 0.1) is 5.56 Å². The number of nitrogens with one attached hydrogen (secondary N) is 1. The summed E-state index contributed by atoms with van der Waals surface area (Å²) in [6.07, 6.45) is 6.06. The summed E-state index contributed by atoms with van der Waals surface area (Å²) < 4.78 is 6.51. The van der Waals surface area contributed by atoms with Crippen molar-refractivity contribution in [2.75, 3.05) is 13.1 Å². The number of nitrogens with zero attached hydrogens (tertiary/aromatic N) is 2. The molecule has 1 aromatic heterocycles. The second kappa shape index (κ2) is 8.46. The molecule has 2 aliphatic heterocycles. The molecule has 1 N–H and O–H groups in total. The zero-order valence-electron chi connectivity index (χ0n) is 17.6. The SMILES string of the molecule is CC(C)NC(=O)CC1CC2(CCN(C(=O)c3cccnc3)CC2)Oc2ccccc21. The lowest BCUT2D eigenvalue weighted by atomic mass is 9.76. The highest BCUT2D eigenvalue weighted by atomic mass is 16.5. The van der Waals surface area contributed by atoms with Gasteiger partial charge in [0.2, 0.25) is 5.91 Å². The Bertz CT molecular complexity index is 905. The first-order valence-electron chi connectivity index (χ1n) is 10.7. The van der Waals surface area contributed by atoms with Crippen molar-refractivity contribution in [3.8, 4) is 5.75 Å². The quantitative estimate of drug-likeness (QED) is 0.842. The summed E-state index contributed by atoms with van der Waals surface area (Å²) >= 11 is 0. The summed E-state index contributed by atoms with van der Waals surface area (Å²) in [6.45, 7) is 5.24. The Balaban J connectivity index is 1.48. The van der Waals surface area contributed by atoms with E-state index in [9.17, 15) is 9.59 Å². The van der Waals surface area contributed by atoms with Crippen LogP contribution in [0.15, 0.2) is 48.8 Å². The van der Waals surface area contributed by atoms with Crippen molar-refractivity contribution in [1.29, 1.82) is 0 Å². The Morgan fingerprint density at radius 1 is 1.20 bits per heavy atom. The molecule has 158 valence electrons. The Labute approximate surface area is 177 Å². The van der Waals surface area contributed by atoms with Crippen LogP contribution >= 0.6 is 0 Å². The summed E-state index contributed by atoms with van der Waals surface area (Å²) in [6, 6.07) is 11.8. The molecule has 1 atom stereocenters. The minimum Gasteiger partial charge on any atom is -0.487 e. The number of piperidine rings is 1. The number of amides is 2. The van der Waals surface area contributed by atoms with Crippen LogP contribution in [-0.4, -0.2) is 46.4 Å². The standard InChI is InChI=1S/C24H29N3O3/c1-17(2)26-22(28)14-19-15-24(30-21-8-4-3-7-20(19)21)9-12-27(13-10-24)23(29)18-6-5-11-25-16-18/h3-8,11,16-17,19H,9-10,12-15H2,1-2H3,(H,26,28). The van der Waals surface area contributed by atoms with E-state index >= 15 is 0 Å². The van der Waals surface area contributed by atoms with Gasteiger partial charge in [0, 0.05) is 56.7 Å². The average Bonchev–Trinajstić information content (AvgIpc) is 2.74. The number of hydrogen-bond acceptors (Lipinski definition) is 4. The highest BCUT2D eigenvalue weighted by molar-refractivity contribution is 5.93. The molecule has 2 amide bonds. The fourth-order valence-corrected chi connectivity index (χ4v) is 4.63. The maximum absolute atomic E-state index is 12.8. The number of aromatic nitrogens is 1. The number of ether oxygens (including phenoxy) is 1. The largest absolute Gasteiger partial charge is 0.487 e. The van der Waals surface area contributed by atoms with Gasteiger partial charge in [-0.05, 0) is 44.0 Å². The number of para-hydroxylation sites is 1. The first kappa shape index (κ1) is 20.4. The number of fused-ring (bicyclic) bond motifs is 1. The number of carbonyl (C=O) groups excluding carboxylic acids is 2. The molecule has 2 aromatic rings. The molecule has 0 aliphatic carbocycles.